The average molecular weight is 305 g/mol. The minimum absolute atomic E-state index is 0.194. The van der Waals surface area contributed by atoms with Gasteiger partial charge in [0.2, 0.25) is 4.96 Å². The zero-order chi connectivity index (χ0) is 14.5. The fourth-order valence-electron chi connectivity index (χ4n) is 2.63. The second-order valence-corrected chi connectivity index (χ2v) is 6.32. The van der Waals surface area contributed by atoms with Gasteiger partial charge in [0.1, 0.15) is 5.01 Å². The maximum absolute atomic E-state index is 12.8. The van der Waals surface area contributed by atoms with Gasteiger partial charge in [0.25, 0.3) is 5.82 Å². The van der Waals surface area contributed by atoms with Gasteiger partial charge in [-0.2, -0.15) is 22.8 Å². The summed E-state index contributed by atoms with van der Waals surface area (Å²) in [7, 11) is 0. The lowest BCUT2D eigenvalue weighted by molar-refractivity contribution is -0.146. The van der Waals surface area contributed by atoms with Gasteiger partial charge in [0.05, 0.1) is 0 Å². The van der Waals surface area contributed by atoms with Crippen LogP contribution in [0.3, 0.4) is 0 Å². The third-order valence-corrected chi connectivity index (χ3v) is 5.08. The summed E-state index contributed by atoms with van der Waals surface area (Å²) >= 11 is 1.20. The second-order valence-electron chi connectivity index (χ2n) is 5.36. The lowest BCUT2D eigenvalue weighted by Crippen LogP contribution is -2.34. The molecule has 3 heterocycles. The first-order chi connectivity index (χ1) is 9.34. The van der Waals surface area contributed by atoms with Gasteiger partial charge < -0.3 is 5.32 Å². The Labute approximate surface area is 117 Å². The van der Waals surface area contributed by atoms with Crippen LogP contribution < -0.4 is 5.32 Å². The van der Waals surface area contributed by atoms with E-state index >= 15 is 0 Å². The number of halogens is 3. The maximum atomic E-state index is 12.8. The molecule has 0 bridgehead atoms. The van der Waals surface area contributed by atoms with Crippen LogP contribution in [0, 0.1) is 5.92 Å². The highest BCUT2D eigenvalue weighted by atomic mass is 32.1. The van der Waals surface area contributed by atoms with Gasteiger partial charge in [-0.15, -0.1) is 10.2 Å². The molecule has 0 amide bonds. The van der Waals surface area contributed by atoms with Gasteiger partial charge in [-0.25, -0.2) is 0 Å². The molecule has 1 fully saturated rings. The SMILES string of the molecule is CC(C)C1(c2nn3c(C(F)(F)F)nnc3s2)CCNC1. The fraction of sp³-hybridized carbons (Fsp3) is 0.727. The van der Waals surface area contributed by atoms with Crippen LogP contribution in [-0.2, 0) is 11.6 Å². The molecule has 1 atom stereocenters. The van der Waals surface area contributed by atoms with Gasteiger partial charge in [-0.1, -0.05) is 25.2 Å². The molecule has 0 aromatic carbocycles. The normalized spacial score (nSPS) is 24.1. The molecule has 1 unspecified atom stereocenters. The molecule has 2 aromatic rings. The Kier molecular flexibility index (Phi) is 3.02. The van der Waals surface area contributed by atoms with Gasteiger partial charge in [0.15, 0.2) is 0 Å². The topological polar surface area (TPSA) is 55.1 Å². The standard InChI is InChI=1S/C11H14F3N5S/c1-6(2)10(3-4-15-5-10)8-18-19-7(11(12,13)14)16-17-9(19)20-8/h6,15H,3-5H2,1-2H3. The highest BCUT2D eigenvalue weighted by Crippen LogP contribution is 2.40. The van der Waals surface area contributed by atoms with Crippen molar-refractivity contribution in [3.05, 3.63) is 10.8 Å². The zero-order valence-electron chi connectivity index (χ0n) is 11.0. The van der Waals surface area contributed by atoms with Crippen LogP contribution in [-0.4, -0.2) is 32.9 Å². The van der Waals surface area contributed by atoms with Crippen molar-refractivity contribution in [1.82, 2.24) is 25.1 Å². The fourth-order valence-corrected chi connectivity index (χ4v) is 3.83. The predicted molar refractivity (Wildman–Crippen MR) is 67.7 cm³/mol. The van der Waals surface area contributed by atoms with E-state index in [4.69, 9.17) is 0 Å². The van der Waals surface area contributed by atoms with Crippen LogP contribution >= 0.6 is 11.3 Å². The Hall–Kier alpha value is -1.22. The molecular formula is C11H14F3N5S. The molecule has 0 spiro atoms. The second kappa shape index (κ2) is 4.39. The van der Waals surface area contributed by atoms with Crippen LogP contribution in [0.25, 0.3) is 4.96 Å². The number of nitrogens with one attached hydrogen (secondary N) is 1. The van der Waals surface area contributed by atoms with Crippen LogP contribution in [0.4, 0.5) is 13.2 Å². The Balaban J connectivity index is 2.12. The molecule has 0 saturated carbocycles. The molecule has 3 rings (SSSR count). The molecule has 5 nitrogen and oxygen atoms in total. The molecule has 1 aliphatic heterocycles. The van der Waals surface area contributed by atoms with Crippen molar-refractivity contribution < 1.29 is 13.2 Å². The molecule has 0 radical (unpaired) electrons. The molecule has 9 heteroatoms. The van der Waals surface area contributed by atoms with Crippen LogP contribution in [0.1, 0.15) is 31.1 Å². The first-order valence-corrected chi connectivity index (χ1v) is 7.17. The van der Waals surface area contributed by atoms with Crippen LogP contribution in [0.5, 0.6) is 0 Å². The van der Waals surface area contributed by atoms with Crippen LogP contribution in [0.2, 0.25) is 0 Å². The van der Waals surface area contributed by atoms with Gasteiger partial charge in [-0.3, -0.25) is 0 Å². The van der Waals surface area contributed by atoms with Crippen LogP contribution in [0.15, 0.2) is 0 Å². The highest BCUT2D eigenvalue weighted by Gasteiger charge is 2.44. The number of aromatic nitrogens is 4. The van der Waals surface area contributed by atoms with E-state index in [0.717, 1.165) is 24.0 Å². The van der Waals surface area contributed by atoms with E-state index < -0.39 is 12.0 Å². The largest absolute Gasteiger partial charge is 0.453 e. The Morgan fingerprint density at radius 1 is 1.35 bits per heavy atom. The molecule has 0 aliphatic carbocycles. The summed E-state index contributed by atoms with van der Waals surface area (Å²) in [5, 5.41) is 14.9. The number of hydrogen-bond donors (Lipinski definition) is 1. The van der Waals surface area contributed by atoms with E-state index in [9.17, 15) is 13.2 Å². The molecular weight excluding hydrogens is 291 g/mol. The van der Waals surface area contributed by atoms with Gasteiger partial charge >= 0.3 is 6.18 Å². The molecule has 1 saturated heterocycles. The van der Waals surface area contributed by atoms with E-state index in [1.165, 1.54) is 11.3 Å². The van der Waals surface area contributed by atoms with Crippen molar-refractivity contribution in [3.8, 4) is 0 Å². The molecule has 2 aromatic heterocycles. The van der Waals surface area contributed by atoms with Crippen molar-refractivity contribution in [1.29, 1.82) is 0 Å². The van der Waals surface area contributed by atoms with Crippen molar-refractivity contribution in [2.75, 3.05) is 13.1 Å². The van der Waals surface area contributed by atoms with Gasteiger partial charge in [0, 0.05) is 12.0 Å². The lowest BCUT2D eigenvalue weighted by atomic mass is 9.77. The zero-order valence-corrected chi connectivity index (χ0v) is 11.8. The summed E-state index contributed by atoms with van der Waals surface area (Å²) in [4.78, 5) is 0.194. The van der Waals surface area contributed by atoms with E-state index in [2.05, 4.69) is 34.5 Å². The quantitative estimate of drug-likeness (QED) is 0.923. The monoisotopic (exact) mass is 305 g/mol. The van der Waals surface area contributed by atoms with E-state index in [1.807, 2.05) is 0 Å². The number of nitrogens with zero attached hydrogens (tertiary/aromatic N) is 4. The van der Waals surface area contributed by atoms with E-state index in [1.54, 1.807) is 0 Å². The predicted octanol–water partition coefficient (Wildman–Crippen LogP) is 2.09. The lowest BCUT2D eigenvalue weighted by Gasteiger charge is -2.29. The third-order valence-electron chi connectivity index (χ3n) is 3.96. The minimum Gasteiger partial charge on any atom is -0.316 e. The number of fused-ring (bicyclic) bond motifs is 1. The smallest absolute Gasteiger partial charge is 0.316 e. The summed E-state index contributed by atoms with van der Waals surface area (Å²) in [5.41, 5.74) is -0.214. The Morgan fingerprint density at radius 3 is 2.65 bits per heavy atom. The summed E-state index contributed by atoms with van der Waals surface area (Å²) in [6.45, 7) is 5.72. The third kappa shape index (κ3) is 1.91. The molecule has 1 N–H and O–H groups in total. The number of hydrogen-bond acceptors (Lipinski definition) is 5. The summed E-state index contributed by atoms with van der Waals surface area (Å²) in [6, 6.07) is 0. The maximum Gasteiger partial charge on any atom is 0.453 e. The van der Waals surface area contributed by atoms with Crippen molar-refractivity contribution >= 4 is 16.3 Å². The van der Waals surface area contributed by atoms with E-state index in [-0.39, 0.29) is 16.3 Å². The highest BCUT2D eigenvalue weighted by molar-refractivity contribution is 7.16. The van der Waals surface area contributed by atoms with Crippen molar-refractivity contribution in [2.24, 2.45) is 5.92 Å². The first-order valence-electron chi connectivity index (χ1n) is 6.35. The van der Waals surface area contributed by atoms with Crippen molar-refractivity contribution in [2.45, 2.75) is 31.9 Å². The van der Waals surface area contributed by atoms with Gasteiger partial charge in [-0.05, 0) is 18.9 Å². The molecule has 110 valence electrons. The van der Waals surface area contributed by atoms with Crippen molar-refractivity contribution in [3.63, 3.8) is 0 Å². The average Bonchev–Trinajstić information content (AvgIpc) is 3.01. The Morgan fingerprint density at radius 2 is 2.10 bits per heavy atom. The first kappa shape index (κ1) is 13.7. The summed E-state index contributed by atoms with van der Waals surface area (Å²) in [6.07, 6.45) is -3.67. The molecule has 20 heavy (non-hydrogen) atoms. The minimum atomic E-state index is -4.54. The summed E-state index contributed by atoms with van der Waals surface area (Å²) in [5.74, 6) is -0.768. The molecule has 1 aliphatic rings. The summed E-state index contributed by atoms with van der Waals surface area (Å²) < 4.78 is 39.3. The van der Waals surface area contributed by atoms with E-state index in [0.29, 0.717) is 5.01 Å². The number of alkyl halides is 3. The number of rotatable bonds is 2. The Bertz CT molecular complexity index is 624.